The minimum atomic E-state index is -3.85. The number of H-pyrrole nitrogens is 1. The van der Waals surface area contributed by atoms with Crippen LogP contribution in [0, 0.1) is 5.82 Å². The van der Waals surface area contributed by atoms with E-state index in [0.29, 0.717) is 25.1 Å². The summed E-state index contributed by atoms with van der Waals surface area (Å²) in [5.74, 6) is -0.0830. The van der Waals surface area contributed by atoms with Crippen molar-refractivity contribution in [2.75, 3.05) is 11.9 Å². The van der Waals surface area contributed by atoms with Crippen molar-refractivity contribution in [1.29, 1.82) is 0 Å². The molecule has 4 N–H and O–H groups in total. The maximum absolute atomic E-state index is 14.6. The monoisotopic (exact) mass is 463 g/mol. The Kier molecular flexibility index (Phi) is 5.32. The lowest BCUT2D eigenvalue weighted by Gasteiger charge is -2.20. The first-order chi connectivity index (χ1) is 15.3. The number of halogens is 1. The molecule has 172 valence electrons. The van der Waals surface area contributed by atoms with Crippen molar-refractivity contribution in [3.05, 3.63) is 35.8 Å². The Labute approximate surface area is 185 Å². The highest BCUT2D eigenvalue weighted by molar-refractivity contribution is 7.89. The summed E-state index contributed by atoms with van der Waals surface area (Å²) in [5, 5.41) is 13.0. The van der Waals surface area contributed by atoms with Gasteiger partial charge in [0.15, 0.2) is 5.82 Å². The third-order valence-electron chi connectivity index (χ3n) is 6.55. The third-order valence-corrected chi connectivity index (χ3v) is 8.01. The molecule has 2 fully saturated rings. The number of hydrogen-bond acceptors (Lipinski definition) is 6. The number of sulfonamides is 1. The fourth-order valence-electron chi connectivity index (χ4n) is 4.54. The van der Waals surface area contributed by atoms with Gasteiger partial charge in [-0.25, -0.2) is 22.3 Å². The van der Waals surface area contributed by atoms with Gasteiger partial charge in [0, 0.05) is 29.8 Å². The number of nitrogens with one attached hydrogen (secondary N) is 4. The number of aromatic nitrogens is 2. The van der Waals surface area contributed by atoms with E-state index in [2.05, 4.69) is 25.6 Å². The summed E-state index contributed by atoms with van der Waals surface area (Å²) in [6.07, 6.45) is 4.63. The summed E-state index contributed by atoms with van der Waals surface area (Å²) < 4.78 is 47.9. The van der Waals surface area contributed by atoms with Crippen molar-refractivity contribution >= 4 is 27.6 Å². The van der Waals surface area contributed by atoms with Gasteiger partial charge >= 0.3 is 6.09 Å². The normalized spacial score (nSPS) is 26.7. The summed E-state index contributed by atoms with van der Waals surface area (Å²) >= 11 is 0. The zero-order valence-corrected chi connectivity index (χ0v) is 18.3. The van der Waals surface area contributed by atoms with Crippen LogP contribution >= 0.6 is 0 Å². The lowest BCUT2D eigenvalue weighted by atomic mass is 10.0. The Hall–Kier alpha value is -2.66. The maximum Gasteiger partial charge on any atom is 0.407 e. The van der Waals surface area contributed by atoms with Crippen LogP contribution in [0.4, 0.5) is 20.7 Å². The van der Waals surface area contributed by atoms with Gasteiger partial charge in [0.2, 0.25) is 10.0 Å². The first-order valence-corrected chi connectivity index (χ1v) is 12.4. The molecular weight excluding hydrogens is 437 g/mol. The van der Waals surface area contributed by atoms with Crippen molar-refractivity contribution in [1.82, 2.24) is 20.2 Å². The SMILES string of the molecule is O=C1NC2(CCCNS(=O)(=O)c3ccc(c(F)c3)Nc3cc([nH]n3)[C@H]3CC[C@H](C3)O1)CC2. The number of hydrogen-bond donors (Lipinski definition) is 4. The molecule has 1 amide bonds. The smallest absolute Gasteiger partial charge is 0.407 e. The maximum atomic E-state index is 14.6. The molecular formula is C21H26FN5O4S. The molecule has 6 bridgehead atoms. The van der Waals surface area contributed by atoms with Crippen LogP contribution in [-0.2, 0) is 14.8 Å². The molecule has 2 aliphatic heterocycles. The largest absolute Gasteiger partial charge is 0.446 e. The number of alkyl carbamates (subject to hydrolysis) is 1. The van der Waals surface area contributed by atoms with E-state index >= 15 is 0 Å². The van der Waals surface area contributed by atoms with Crippen LogP contribution in [0.25, 0.3) is 0 Å². The molecule has 3 heterocycles. The first-order valence-electron chi connectivity index (χ1n) is 10.9. The Morgan fingerprint density at radius 2 is 2.00 bits per heavy atom. The van der Waals surface area contributed by atoms with E-state index in [1.807, 2.05) is 0 Å². The van der Waals surface area contributed by atoms with E-state index < -0.39 is 21.9 Å². The minimum Gasteiger partial charge on any atom is -0.446 e. The quantitative estimate of drug-likeness (QED) is 0.475. The number of carbonyl (C=O) groups excluding carboxylic acids is 1. The molecule has 2 aromatic rings. The molecule has 0 radical (unpaired) electrons. The molecule has 1 aromatic carbocycles. The molecule has 32 heavy (non-hydrogen) atoms. The Bertz CT molecular complexity index is 1130. The molecule has 0 saturated heterocycles. The third kappa shape index (κ3) is 4.44. The predicted octanol–water partition coefficient (Wildman–Crippen LogP) is 3.26. The summed E-state index contributed by atoms with van der Waals surface area (Å²) in [5.41, 5.74) is 0.700. The number of ether oxygens (including phenoxy) is 1. The van der Waals surface area contributed by atoms with E-state index in [4.69, 9.17) is 4.74 Å². The van der Waals surface area contributed by atoms with Crippen LogP contribution < -0.4 is 15.4 Å². The number of amides is 1. The topological polar surface area (TPSA) is 125 Å². The van der Waals surface area contributed by atoms with Gasteiger partial charge in [-0.15, -0.1) is 0 Å². The standard InChI is InChI=1S/C21H26FN5O4S/c22-16-11-15-4-5-17(16)24-19-12-18(26-27-19)13-2-3-14(10-13)31-20(28)25-21(7-8-21)6-1-9-23-32(15,29)30/h4-5,11-14,23H,1-3,6-10H2,(H,25,28)(H2,24,26,27)/t13-,14+/m0/s1. The highest BCUT2D eigenvalue weighted by atomic mass is 32.2. The number of rotatable bonds is 0. The van der Waals surface area contributed by atoms with Gasteiger partial charge in [0.05, 0.1) is 10.6 Å². The highest BCUT2D eigenvalue weighted by Gasteiger charge is 2.44. The van der Waals surface area contributed by atoms with Crippen molar-refractivity contribution in [2.24, 2.45) is 0 Å². The predicted molar refractivity (Wildman–Crippen MR) is 115 cm³/mol. The fourth-order valence-corrected chi connectivity index (χ4v) is 5.63. The summed E-state index contributed by atoms with van der Waals surface area (Å²) in [7, 11) is -3.85. The number of aromatic amines is 1. The molecule has 11 heteroatoms. The van der Waals surface area contributed by atoms with Gasteiger partial charge in [-0.3, -0.25) is 5.10 Å². The van der Waals surface area contributed by atoms with E-state index in [9.17, 15) is 17.6 Å². The minimum absolute atomic E-state index is 0.136. The molecule has 6 rings (SSSR count). The lowest BCUT2D eigenvalue weighted by Crippen LogP contribution is -2.39. The van der Waals surface area contributed by atoms with Gasteiger partial charge in [0.1, 0.15) is 11.9 Å². The van der Waals surface area contributed by atoms with Crippen LogP contribution in [0.5, 0.6) is 0 Å². The molecule has 1 spiro atoms. The van der Waals surface area contributed by atoms with Gasteiger partial charge in [-0.05, 0) is 63.1 Å². The van der Waals surface area contributed by atoms with E-state index in [1.54, 1.807) is 6.07 Å². The van der Waals surface area contributed by atoms with E-state index in [-0.39, 0.29) is 34.7 Å². The molecule has 2 saturated carbocycles. The highest BCUT2D eigenvalue weighted by Crippen LogP contribution is 2.40. The number of nitrogens with zero attached hydrogens (tertiary/aromatic N) is 1. The van der Waals surface area contributed by atoms with Crippen molar-refractivity contribution in [3.63, 3.8) is 0 Å². The van der Waals surface area contributed by atoms with Crippen molar-refractivity contribution < 1.29 is 22.3 Å². The van der Waals surface area contributed by atoms with Gasteiger partial charge in [-0.1, -0.05) is 0 Å². The Morgan fingerprint density at radius 3 is 2.78 bits per heavy atom. The summed E-state index contributed by atoms with van der Waals surface area (Å²) in [6, 6.07) is 5.56. The Morgan fingerprint density at radius 1 is 1.16 bits per heavy atom. The average molecular weight is 464 g/mol. The van der Waals surface area contributed by atoms with Crippen LogP contribution in [-0.4, -0.2) is 42.9 Å². The van der Waals surface area contributed by atoms with Crippen LogP contribution in [0.15, 0.2) is 29.2 Å². The first kappa shape index (κ1) is 21.2. The van der Waals surface area contributed by atoms with Crippen LogP contribution in [0.3, 0.4) is 0 Å². The van der Waals surface area contributed by atoms with E-state index in [0.717, 1.165) is 37.4 Å². The number of carbonyl (C=O) groups is 1. The van der Waals surface area contributed by atoms with Crippen molar-refractivity contribution in [3.8, 4) is 0 Å². The van der Waals surface area contributed by atoms with Gasteiger partial charge in [-0.2, -0.15) is 5.10 Å². The molecule has 1 aromatic heterocycles. The summed E-state index contributed by atoms with van der Waals surface area (Å²) in [6.45, 7) is 0.197. The molecule has 9 nitrogen and oxygen atoms in total. The second-order valence-electron chi connectivity index (χ2n) is 8.92. The van der Waals surface area contributed by atoms with E-state index in [1.165, 1.54) is 12.1 Å². The number of anilines is 2. The second kappa shape index (κ2) is 8.04. The summed E-state index contributed by atoms with van der Waals surface area (Å²) in [4.78, 5) is 12.3. The number of fused-ring (bicyclic) bond motifs is 8. The van der Waals surface area contributed by atoms with Crippen LogP contribution in [0.2, 0.25) is 0 Å². The van der Waals surface area contributed by atoms with Gasteiger partial charge < -0.3 is 15.4 Å². The lowest BCUT2D eigenvalue weighted by molar-refractivity contribution is 0.0954. The molecule has 4 aliphatic rings. The zero-order chi connectivity index (χ0) is 22.3. The molecule has 2 aliphatic carbocycles. The molecule has 2 atom stereocenters. The van der Waals surface area contributed by atoms with Crippen LogP contribution in [0.1, 0.15) is 56.6 Å². The van der Waals surface area contributed by atoms with Crippen molar-refractivity contribution in [2.45, 2.75) is 67.4 Å². The average Bonchev–Trinajstić information content (AvgIpc) is 3.12. The molecule has 0 unspecified atom stereocenters. The Balaban J connectivity index is 1.40. The second-order valence-corrected chi connectivity index (χ2v) is 10.7. The van der Waals surface area contributed by atoms with Gasteiger partial charge in [0.25, 0.3) is 0 Å². The fraction of sp³-hybridized carbons (Fsp3) is 0.524. The zero-order valence-electron chi connectivity index (χ0n) is 17.5. The number of benzene rings is 1.